The first-order valence-electron chi connectivity index (χ1n) is 4.89. The molecule has 0 saturated carbocycles. The molecule has 0 saturated heterocycles. The zero-order valence-corrected chi connectivity index (χ0v) is 9.98. The van der Waals surface area contributed by atoms with Crippen LogP contribution in [0.5, 0.6) is 0 Å². The van der Waals surface area contributed by atoms with E-state index in [9.17, 15) is 9.59 Å². The zero-order chi connectivity index (χ0) is 11.6. The van der Waals surface area contributed by atoms with E-state index in [4.69, 9.17) is 16.3 Å². The second kappa shape index (κ2) is 4.35. The Morgan fingerprint density at radius 3 is 2.60 bits per heavy atom. The molecule has 0 aromatic carbocycles. The largest absolute Gasteiger partial charge is 0.430 e. The second-order valence-electron chi connectivity index (χ2n) is 4.20. The highest BCUT2D eigenvalue weighted by molar-refractivity contribution is 6.26. The van der Waals surface area contributed by atoms with Gasteiger partial charge in [-0.2, -0.15) is 0 Å². The minimum absolute atomic E-state index is 0.162. The fourth-order valence-corrected chi connectivity index (χ4v) is 1.63. The summed E-state index contributed by atoms with van der Waals surface area (Å²) in [7, 11) is 0. The van der Waals surface area contributed by atoms with Gasteiger partial charge in [0.05, 0.1) is 0 Å². The van der Waals surface area contributed by atoms with Crippen molar-refractivity contribution in [2.75, 3.05) is 5.88 Å². The van der Waals surface area contributed by atoms with Crippen LogP contribution in [0.3, 0.4) is 0 Å². The summed E-state index contributed by atoms with van der Waals surface area (Å²) in [6.07, 6.45) is 0.923. The molecule has 0 unspecified atom stereocenters. The minimum atomic E-state index is -0.528. The Balaban J connectivity index is 2.94. The van der Waals surface area contributed by atoms with Gasteiger partial charge in [-0.25, -0.2) is 0 Å². The number of rotatable bonds is 2. The highest BCUT2D eigenvalue weighted by Gasteiger charge is 2.36. The van der Waals surface area contributed by atoms with E-state index in [1.807, 2.05) is 20.8 Å². The van der Waals surface area contributed by atoms with Crippen molar-refractivity contribution in [3.05, 3.63) is 11.3 Å². The predicted molar refractivity (Wildman–Crippen MR) is 57.5 cm³/mol. The maximum atomic E-state index is 11.6. The van der Waals surface area contributed by atoms with Gasteiger partial charge < -0.3 is 4.74 Å². The van der Waals surface area contributed by atoms with Crippen molar-refractivity contribution in [1.82, 2.24) is 0 Å². The quantitative estimate of drug-likeness (QED) is 0.541. The number of halogens is 1. The monoisotopic (exact) mass is 230 g/mol. The van der Waals surface area contributed by atoms with Crippen LogP contribution in [-0.2, 0) is 14.3 Å². The van der Waals surface area contributed by atoms with Gasteiger partial charge in [-0.1, -0.05) is 0 Å². The Morgan fingerprint density at radius 1 is 1.47 bits per heavy atom. The molecule has 0 aromatic rings. The summed E-state index contributed by atoms with van der Waals surface area (Å²) in [5.41, 5.74) is 0.303. The fraction of sp³-hybridized carbons (Fsp3) is 0.636. The first kappa shape index (κ1) is 12.2. The third-order valence-corrected chi connectivity index (χ3v) is 3.20. The second-order valence-corrected chi connectivity index (χ2v) is 4.47. The molecule has 0 aromatic heterocycles. The van der Waals surface area contributed by atoms with Crippen molar-refractivity contribution in [2.24, 2.45) is 5.41 Å². The Hall–Kier alpha value is -0.830. The van der Waals surface area contributed by atoms with Crippen LogP contribution in [0.4, 0.5) is 0 Å². The van der Waals surface area contributed by atoms with Gasteiger partial charge in [0.25, 0.3) is 0 Å². The molecular weight excluding hydrogens is 216 g/mol. The molecule has 1 rings (SSSR count). The van der Waals surface area contributed by atoms with Crippen LogP contribution in [0.15, 0.2) is 11.3 Å². The molecule has 0 fully saturated rings. The average molecular weight is 231 g/mol. The van der Waals surface area contributed by atoms with E-state index in [-0.39, 0.29) is 11.7 Å². The summed E-state index contributed by atoms with van der Waals surface area (Å²) in [6.45, 7) is 5.52. The number of hydrogen-bond acceptors (Lipinski definition) is 3. The molecule has 0 spiro atoms. The molecule has 0 N–H and O–H groups in total. The molecule has 84 valence electrons. The van der Waals surface area contributed by atoms with E-state index in [0.717, 1.165) is 5.57 Å². The van der Waals surface area contributed by atoms with E-state index < -0.39 is 11.4 Å². The van der Waals surface area contributed by atoms with Crippen LogP contribution in [0, 0.1) is 5.41 Å². The first-order chi connectivity index (χ1) is 6.89. The lowest BCUT2D eigenvalue weighted by atomic mass is 9.74. The van der Waals surface area contributed by atoms with Crippen molar-refractivity contribution >= 4 is 23.4 Å². The SMILES string of the molecule is CC1=C(OC(=O)CCl)CCC(=O)C1(C)C. The number of allylic oxidation sites excluding steroid dienone is 2. The molecule has 1 aliphatic carbocycles. The third kappa shape index (κ3) is 2.40. The standard InChI is InChI=1S/C11H15ClO3/c1-7-8(15-10(14)6-12)4-5-9(13)11(7,2)3/h4-6H2,1-3H3. The Morgan fingerprint density at radius 2 is 2.07 bits per heavy atom. The lowest BCUT2D eigenvalue weighted by Crippen LogP contribution is -2.31. The molecule has 3 nitrogen and oxygen atoms in total. The van der Waals surface area contributed by atoms with Crippen LogP contribution in [0.25, 0.3) is 0 Å². The van der Waals surface area contributed by atoms with E-state index in [1.165, 1.54) is 0 Å². The van der Waals surface area contributed by atoms with Crippen molar-refractivity contribution in [3.63, 3.8) is 0 Å². The van der Waals surface area contributed by atoms with Gasteiger partial charge in [0.2, 0.25) is 0 Å². The average Bonchev–Trinajstić information content (AvgIpc) is 2.19. The molecule has 0 heterocycles. The molecular formula is C11H15ClO3. The Kier molecular flexibility index (Phi) is 3.55. The topological polar surface area (TPSA) is 43.4 Å². The molecule has 0 atom stereocenters. The number of alkyl halides is 1. The first-order valence-corrected chi connectivity index (χ1v) is 5.43. The van der Waals surface area contributed by atoms with Gasteiger partial charge in [0, 0.05) is 18.3 Å². The van der Waals surface area contributed by atoms with Gasteiger partial charge in [0.15, 0.2) is 0 Å². The molecule has 0 aliphatic heterocycles. The van der Waals surface area contributed by atoms with Gasteiger partial charge in [-0.3, -0.25) is 9.59 Å². The van der Waals surface area contributed by atoms with Crippen molar-refractivity contribution < 1.29 is 14.3 Å². The van der Waals surface area contributed by atoms with E-state index in [1.54, 1.807) is 0 Å². The summed E-state index contributed by atoms with van der Waals surface area (Å²) in [5.74, 6) is 0.164. The highest BCUT2D eigenvalue weighted by atomic mass is 35.5. The van der Waals surface area contributed by atoms with Crippen LogP contribution >= 0.6 is 11.6 Å². The minimum Gasteiger partial charge on any atom is -0.430 e. The molecule has 1 aliphatic rings. The highest BCUT2D eigenvalue weighted by Crippen LogP contribution is 2.37. The van der Waals surface area contributed by atoms with Crippen LogP contribution < -0.4 is 0 Å². The van der Waals surface area contributed by atoms with E-state index in [0.29, 0.717) is 18.6 Å². The van der Waals surface area contributed by atoms with E-state index >= 15 is 0 Å². The molecule has 0 radical (unpaired) electrons. The maximum Gasteiger partial charge on any atom is 0.325 e. The maximum absolute atomic E-state index is 11.6. The number of Topliss-reactive ketones (excluding diaryl/α,β-unsaturated/α-hetero) is 1. The number of carbonyl (C=O) groups is 2. The molecule has 0 amide bonds. The molecule has 4 heteroatoms. The smallest absolute Gasteiger partial charge is 0.325 e. The summed E-state index contributed by atoms with van der Waals surface area (Å²) >= 11 is 5.35. The van der Waals surface area contributed by atoms with Crippen LogP contribution in [-0.4, -0.2) is 17.6 Å². The lowest BCUT2D eigenvalue weighted by Gasteiger charge is -2.30. The van der Waals surface area contributed by atoms with Crippen molar-refractivity contribution in [1.29, 1.82) is 0 Å². The summed E-state index contributed by atoms with van der Waals surface area (Å²) in [6, 6.07) is 0. The Labute approximate surface area is 94.4 Å². The normalized spacial score (nSPS) is 20.4. The number of carbonyl (C=O) groups excluding carboxylic acids is 2. The predicted octanol–water partition coefficient (Wildman–Crippen LogP) is 2.43. The lowest BCUT2D eigenvalue weighted by molar-refractivity contribution is -0.138. The van der Waals surface area contributed by atoms with Crippen LogP contribution in [0.1, 0.15) is 33.6 Å². The molecule has 0 bridgehead atoms. The van der Waals surface area contributed by atoms with Gasteiger partial charge >= 0.3 is 5.97 Å². The van der Waals surface area contributed by atoms with Gasteiger partial charge in [0.1, 0.15) is 17.4 Å². The Bertz CT molecular complexity index is 329. The van der Waals surface area contributed by atoms with Crippen molar-refractivity contribution in [2.45, 2.75) is 33.6 Å². The number of ether oxygens (including phenoxy) is 1. The summed E-state index contributed by atoms with van der Waals surface area (Å²) in [5, 5.41) is 0. The third-order valence-electron chi connectivity index (χ3n) is 2.98. The summed E-state index contributed by atoms with van der Waals surface area (Å²) < 4.78 is 5.09. The fourth-order valence-electron chi connectivity index (χ4n) is 1.58. The summed E-state index contributed by atoms with van der Waals surface area (Å²) in [4.78, 5) is 22.7. The van der Waals surface area contributed by atoms with Gasteiger partial charge in [-0.05, 0) is 26.3 Å². The number of hydrogen-bond donors (Lipinski definition) is 0. The number of ketones is 1. The zero-order valence-electron chi connectivity index (χ0n) is 9.22. The van der Waals surface area contributed by atoms with Crippen LogP contribution in [0.2, 0.25) is 0 Å². The number of esters is 1. The molecule has 15 heavy (non-hydrogen) atoms. The van der Waals surface area contributed by atoms with Gasteiger partial charge in [-0.15, -0.1) is 11.6 Å². The van der Waals surface area contributed by atoms with Crippen molar-refractivity contribution in [3.8, 4) is 0 Å². The van der Waals surface area contributed by atoms with E-state index in [2.05, 4.69) is 0 Å².